The molecule has 1 atom stereocenters. The van der Waals surface area contributed by atoms with Crippen molar-refractivity contribution < 1.29 is 19.1 Å². The van der Waals surface area contributed by atoms with E-state index in [2.05, 4.69) is 5.32 Å². The summed E-state index contributed by atoms with van der Waals surface area (Å²) in [4.78, 5) is 27.0. The Morgan fingerprint density at radius 2 is 2.03 bits per heavy atom. The maximum Gasteiger partial charge on any atom is 0.231 e. The summed E-state index contributed by atoms with van der Waals surface area (Å²) in [6.45, 7) is 1.51. The Labute approximate surface area is 186 Å². The number of fused-ring (bicyclic) bond motifs is 2. The molecule has 6 nitrogen and oxygen atoms in total. The van der Waals surface area contributed by atoms with Crippen LogP contribution in [0.3, 0.4) is 0 Å². The summed E-state index contributed by atoms with van der Waals surface area (Å²) in [7, 11) is 0. The molecule has 7 heteroatoms. The van der Waals surface area contributed by atoms with E-state index in [1.54, 1.807) is 0 Å². The summed E-state index contributed by atoms with van der Waals surface area (Å²) in [6, 6.07) is 11.8. The van der Waals surface area contributed by atoms with E-state index in [0.29, 0.717) is 38.8 Å². The Kier molecular flexibility index (Phi) is 5.26. The predicted molar refractivity (Wildman–Crippen MR) is 116 cm³/mol. The Balaban J connectivity index is 1.26. The van der Waals surface area contributed by atoms with E-state index in [-0.39, 0.29) is 18.6 Å². The number of amides is 2. The molecule has 0 aliphatic carbocycles. The lowest BCUT2D eigenvalue weighted by atomic mass is 9.84. The first-order valence-electron chi connectivity index (χ1n) is 10.7. The number of rotatable bonds is 5. The molecule has 3 heterocycles. The Bertz CT molecular complexity index is 1040. The van der Waals surface area contributed by atoms with E-state index in [1.807, 2.05) is 41.3 Å². The predicted octanol–water partition coefficient (Wildman–Crippen LogP) is 3.63. The van der Waals surface area contributed by atoms with E-state index in [0.717, 1.165) is 46.1 Å². The van der Waals surface area contributed by atoms with E-state index >= 15 is 0 Å². The molecule has 5 rings (SSSR count). The highest BCUT2D eigenvalue weighted by molar-refractivity contribution is 6.31. The quantitative estimate of drug-likeness (QED) is 0.771. The zero-order valence-corrected chi connectivity index (χ0v) is 18.0. The Morgan fingerprint density at radius 3 is 2.87 bits per heavy atom. The molecule has 2 amide bonds. The van der Waals surface area contributed by atoms with Gasteiger partial charge in [-0.3, -0.25) is 9.59 Å². The number of hydrogen-bond acceptors (Lipinski definition) is 4. The number of nitrogens with one attached hydrogen (secondary N) is 1. The summed E-state index contributed by atoms with van der Waals surface area (Å²) >= 11 is 6.30. The fourth-order valence-electron chi connectivity index (χ4n) is 4.90. The molecule has 0 radical (unpaired) electrons. The van der Waals surface area contributed by atoms with Gasteiger partial charge in [0.05, 0.1) is 0 Å². The normalized spacial score (nSPS) is 21.7. The third-order valence-electron chi connectivity index (χ3n) is 6.59. The number of carbonyl (C=O) groups is 2. The van der Waals surface area contributed by atoms with Crippen LogP contribution in [0.5, 0.6) is 11.5 Å². The van der Waals surface area contributed by atoms with Crippen molar-refractivity contribution in [3.8, 4) is 11.5 Å². The first-order chi connectivity index (χ1) is 15.0. The molecular formula is C24H25ClN2O4. The third-order valence-corrected chi connectivity index (χ3v) is 6.95. The van der Waals surface area contributed by atoms with Gasteiger partial charge in [0.1, 0.15) is 0 Å². The molecule has 3 aliphatic rings. The molecule has 1 N–H and O–H groups in total. The van der Waals surface area contributed by atoms with Crippen molar-refractivity contribution in [2.75, 3.05) is 13.3 Å². The van der Waals surface area contributed by atoms with Crippen molar-refractivity contribution in [2.24, 2.45) is 0 Å². The molecule has 0 spiro atoms. The van der Waals surface area contributed by atoms with Gasteiger partial charge in [-0.1, -0.05) is 29.8 Å². The van der Waals surface area contributed by atoms with Crippen LogP contribution in [0.1, 0.15) is 42.4 Å². The fourth-order valence-corrected chi connectivity index (χ4v) is 5.19. The zero-order chi connectivity index (χ0) is 21.4. The molecule has 0 bridgehead atoms. The number of benzene rings is 2. The SMILES string of the molecule is O=C1CCC(CCC(=O)N2CCc3c(Cl)cccc3C2)(Cc2ccc3c(c2)OCO3)N1. The standard InChI is InChI=1S/C24H25ClN2O4/c25-19-3-1-2-17-14-27(11-8-18(17)19)23(29)7-10-24(9-6-22(28)26-24)13-16-4-5-20-21(12-16)31-15-30-20/h1-5,12H,6-11,13-15H2,(H,26,28). The van der Waals surface area contributed by atoms with E-state index < -0.39 is 5.54 Å². The van der Waals surface area contributed by atoms with Crippen molar-refractivity contribution in [3.63, 3.8) is 0 Å². The van der Waals surface area contributed by atoms with Crippen molar-refractivity contribution in [1.82, 2.24) is 10.2 Å². The minimum absolute atomic E-state index is 0.0507. The van der Waals surface area contributed by atoms with Crippen LogP contribution < -0.4 is 14.8 Å². The molecule has 2 aromatic rings. The smallest absolute Gasteiger partial charge is 0.231 e. The number of hydrogen-bond donors (Lipinski definition) is 1. The topological polar surface area (TPSA) is 67.9 Å². The minimum atomic E-state index is -0.405. The van der Waals surface area contributed by atoms with E-state index in [4.69, 9.17) is 21.1 Å². The zero-order valence-electron chi connectivity index (χ0n) is 17.3. The van der Waals surface area contributed by atoms with Crippen molar-refractivity contribution in [2.45, 2.75) is 50.6 Å². The molecular weight excluding hydrogens is 416 g/mol. The van der Waals surface area contributed by atoms with Gasteiger partial charge in [-0.05, 0) is 60.6 Å². The van der Waals surface area contributed by atoms with Crippen LogP contribution in [0.25, 0.3) is 0 Å². The highest BCUT2D eigenvalue weighted by atomic mass is 35.5. The van der Waals surface area contributed by atoms with Gasteiger partial charge < -0.3 is 19.7 Å². The molecule has 2 aromatic carbocycles. The van der Waals surface area contributed by atoms with Gasteiger partial charge in [-0.15, -0.1) is 0 Å². The summed E-state index contributed by atoms with van der Waals surface area (Å²) in [6.07, 6.45) is 3.69. The molecule has 31 heavy (non-hydrogen) atoms. The summed E-state index contributed by atoms with van der Waals surface area (Å²) in [5.74, 6) is 1.65. The number of nitrogens with zero attached hydrogens (tertiary/aromatic N) is 1. The lowest BCUT2D eigenvalue weighted by Gasteiger charge is -2.33. The second kappa shape index (κ2) is 8.08. The highest BCUT2D eigenvalue weighted by Crippen LogP contribution is 2.36. The maximum atomic E-state index is 13.0. The van der Waals surface area contributed by atoms with Gasteiger partial charge in [0.15, 0.2) is 11.5 Å². The van der Waals surface area contributed by atoms with Crippen LogP contribution in [-0.2, 0) is 29.0 Å². The number of ether oxygens (including phenoxy) is 2. The second-order valence-electron chi connectivity index (χ2n) is 8.64. The van der Waals surface area contributed by atoms with Gasteiger partial charge in [-0.2, -0.15) is 0 Å². The molecule has 1 unspecified atom stereocenters. The summed E-state index contributed by atoms with van der Waals surface area (Å²) in [5, 5.41) is 3.94. The average Bonchev–Trinajstić information content (AvgIpc) is 3.38. The van der Waals surface area contributed by atoms with Crippen molar-refractivity contribution >= 4 is 23.4 Å². The first kappa shape index (κ1) is 20.2. The maximum absolute atomic E-state index is 13.0. The first-order valence-corrected chi connectivity index (χ1v) is 11.1. The molecule has 162 valence electrons. The van der Waals surface area contributed by atoms with Crippen LogP contribution in [0.4, 0.5) is 0 Å². The average molecular weight is 441 g/mol. The van der Waals surface area contributed by atoms with E-state index in [9.17, 15) is 9.59 Å². The van der Waals surface area contributed by atoms with Crippen LogP contribution in [0, 0.1) is 0 Å². The number of halogens is 1. The number of carbonyl (C=O) groups excluding carboxylic acids is 2. The van der Waals surface area contributed by atoms with Gasteiger partial charge in [0, 0.05) is 36.5 Å². The molecule has 0 saturated carbocycles. The molecule has 3 aliphatic heterocycles. The van der Waals surface area contributed by atoms with Gasteiger partial charge in [-0.25, -0.2) is 0 Å². The lowest BCUT2D eigenvalue weighted by Crippen LogP contribution is -2.45. The van der Waals surface area contributed by atoms with Gasteiger partial charge >= 0.3 is 0 Å². The van der Waals surface area contributed by atoms with Crippen molar-refractivity contribution in [1.29, 1.82) is 0 Å². The Morgan fingerprint density at radius 1 is 1.16 bits per heavy atom. The third kappa shape index (κ3) is 4.09. The van der Waals surface area contributed by atoms with Crippen LogP contribution in [-0.4, -0.2) is 35.6 Å². The van der Waals surface area contributed by atoms with Crippen molar-refractivity contribution in [3.05, 3.63) is 58.1 Å². The highest BCUT2D eigenvalue weighted by Gasteiger charge is 2.38. The monoisotopic (exact) mass is 440 g/mol. The molecule has 1 fully saturated rings. The largest absolute Gasteiger partial charge is 0.454 e. The summed E-state index contributed by atoms with van der Waals surface area (Å²) < 4.78 is 10.9. The minimum Gasteiger partial charge on any atom is -0.454 e. The molecule has 1 saturated heterocycles. The molecule has 0 aromatic heterocycles. The Hall–Kier alpha value is -2.73. The van der Waals surface area contributed by atoms with Crippen LogP contribution >= 0.6 is 11.6 Å². The summed E-state index contributed by atoms with van der Waals surface area (Å²) in [5.41, 5.74) is 2.93. The second-order valence-corrected chi connectivity index (χ2v) is 9.04. The fraction of sp³-hybridized carbons (Fsp3) is 0.417. The van der Waals surface area contributed by atoms with E-state index in [1.165, 1.54) is 0 Å². The van der Waals surface area contributed by atoms with Gasteiger partial charge in [0.2, 0.25) is 18.6 Å². The van der Waals surface area contributed by atoms with Gasteiger partial charge in [0.25, 0.3) is 0 Å². The van der Waals surface area contributed by atoms with Crippen LogP contribution in [0.2, 0.25) is 5.02 Å². The van der Waals surface area contributed by atoms with Crippen LogP contribution in [0.15, 0.2) is 36.4 Å². The lowest BCUT2D eigenvalue weighted by molar-refractivity contribution is -0.132.